The van der Waals surface area contributed by atoms with Crippen LogP contribution in [-0.2, 0) is 6.54 Å². The number of hydrogen-bond donors (Lipinski definition) is 0. The molecule has 0 bridgehead atoms. The maximum atomic E-state index is 9.75. The second-order valence-electron chi connectivity index (χ2n) is 2.41. The Balaban J connectivity index is 0.000000336. The molecule has 0 aliphatic rings. The SMILES string of the molecule is CC[n+]1c(Cl)cccc1Cl.F[B-](F)(F)F. The van der Waals surface area contributed by atoms with Crippen LogP contribution < -0.4 is 4.57 Å². The van der Waals surface area contributed by atoms with E-state index in [0.717, 1.165) is 6.54 Å². The topological polar surface area (TPSA) is 3.88 Å². The van der Waals surface area contributed by atoms with Crippen molar-refractivity contribution in [3.05, 3.63) is 28.5 Å². The Kier molecular flexibility index (Phi) is 5.98. The van der Waals surface area contributed by atoms with Gasteiger partial charge >= 0.3 is 7.25 Å². The summed E-state index contributed by atoms with van der Waals surface area (Å²) in [6, 6.07) is 5.46. The summed E-state index contributed by atoms with van der Waals surface area (Å²) >= 11 is 11.6. The lowest BCUT2D eigenvalue weighted by molar-refractivity contribution is -0.689. The summed E-state index contributed by atoms with van der Waals surface area (Å²) < 4.78 is 40.8. The van der Waals surface area contributed by atoms with E-state index in [1.165, 1.54) is 0 Å². The smallest absolute Gasteiger partial charge is 0.418 e. The van der Waals surface area contributed by atoms with Gasteiger partial charge in [0, 0.05) is 12.1 Å². The molecule has 1 nitrogen and oxygen atoms in total. The van der Waals surface area contributed by atoms with Crippen LogP contribution in [0.1, 0.15) is 6.92 Å². The third-order valence-electron chi connectivity index (χ3n) is 1.30. The van der Waals surface area contributed by atoms with Gasteiger partial charge in [-0.2, -0.15) is 4.57 Å². The molecule has 15 heavy (non-hydrogen) atoms. The summed E-state index contributed by atoms with van der Waals surface area (Å²) in [5.74, 6) is 0. The molecule has 0 amide bonds. The largest absolute Gasteiger partial charge is 0.673 e. The van der Waals surface area contributed by atoms with E-state index in [1.807, 2.05) is 29.7 Å². The molecule has 0 unspecified atom stereocenters. The van der Waals surface area contributed by atoms with E-state index < -0.39 is 7.25 Å². The highest BCUT2D eigenvalue weighted by molar-refractivity contribution is 6.50. The van der Waals surface area contributed by atoms with Crippen LogP contribution in [0.3, 0.4) is 0 Å². The Bertz CT molecular complexity index is 292. The molecule has 0 aliphatic heterocycles. The highest BCUT2D eigenvalue weighted by atomic mass is 35.5. The van der Waals surface area contributed by atoms with Crippen molar-refractivity contribution in [2.45, 2.75) is 13.5 Å². The van der Waals surface area contributed by atoms with Crippen LogP contribution in [0.4, 0.5) is 17.3 Å². The minimum absolute atomic E-state index is 0.676. The predicted molar refractivity (Wildman–Crippen MR) is 52.5 cm³/mol. The summed E-state index contributed by atoms with van der Waals surface area (Å²) in [6.07, 6.45) is 0. The summed E-state index contributed by atoms with van der Waals surface area (Å²) in [6.45, 7) is 2.80. The molecular weight excluding hydrogens is 256 g/mol. The van der Waals surface area contributed by atoms with Crippen molar-refractivity contribution in [1.29, 1.82) is 0 Å². The minimum atomic E-state index is -6.00. The number of nitrogens with zero attached hydrogens (tertiary/aromatic N) is 1. The maximum absolute atomic E-state index is 9.75. The standard InChI is InChI=1S/C7H8Cl2N.BF4/c1-2-10-6(8)4-3-5-7(10)9;2-1(3,4)5/h3-5H,2H2,1H3;/q+1;-1. The molecule has 8 heteroatoms. The van der Waals surface area contributed by atoms with Crippen LogP contribution >= 0.6 is 23.2 Å². The fraction of sp³-hybridized carbons (Fsp3) is 0.286. The van der Waals surface area contributed by atoms with E-state index in [9.17, 15) is 17.3 Å². The Hall–Kier alpha value is -0.485. The molecule has 1 aromatic rings. The molecule has 0 aliphatic carbocycles. The van der Waals surface area contributed by atoms with Crippen molar-refractivity contribution in [2.75, 3.05) is 0 Å². The van der Waals surface area contributed by atoms with Gasteiger partial charge in [-0.3, -0.25) is 0 Å². The van der Waals surface area contributed by atoms with E-state index >= 15 is 0 Å². The lowest BCUT2D eigenvalue weighted by atomic mass is 10.3. The van der Waals surface area contributed by atoms with Crippen LogP contribution in [0.2, 0.25) is 10.3 Å². The summed E-state index contributed by atoms with van der Waals surface area (Å²) in [5, 5.41) is 1.35. The van der Waals surface area contributed by atoms with Gasteiger partial charge in [0.1, 0.15) is 6.54 Å². The van der Waals surface area contributed by atoms with Crippen molar-refractivity contribution in [2.24, 2.45) is 0 Å². The highest BCUT2D eigenvalue weighted by Crippen LogP contribution is 2.07. The van der Waals surface area contributed by atoms with Gasteiger partial charge in [-0.25, -0.2) is 0 Å². The van der Waals surface area contributed by atoms with E-state index in [1.54, 1.807) is 0 Å². The van der Waals surface area contributed by atoms with Crippen molar-refractivity contribution in [1.82, 2.24) is 0 Å². The number of rotatable bonds is 1. The second-order valence-corrected chi connectivity index (χ2v) is 3.18. The average molecular weight is 264 g/mol. The lowest BCUT2D eigenvalue weighted by Crippen LogP contribution is -2.34. The second kappa shape index (κ2) is 6.17. The molecule has 0 fully saturated rings. The van der Waals surface area contributed by atoms with Gasteiger partial charge in [0.05, 0.1) is 0 Å². The Morgan fingerprint density at radius 2 is 1.47 bits per heavy atom. The molecule has 0 saturated heterocycles. The summed E-state index contributed by atoms with van der Waals surface area (Å²) in [7, 11) is -6.00. The van der Waals surface area contributed by atoms with Crippen molar-refractivity contribution in [3.63, 3.8) is 0 Å². The van der Waals surface area contributed by atoms with E-state index in [4.69, 9.17) is 23.2 Å². The van der Waals surface area contributed by atoms with Gasteiger partial charge in [-0.1, -0.05) is 0 Å². The van der Waals surface area contributed by atoms with Crippen molar-refractivity contribution in [3.8, 4) is 0 Å². The molecule has 1 heterocycles. The molecular formula is C7H8BCl2F4N. The number of aromatic nitrogens is 1. The Morgan fingerprint density at radius 1 is 1.13 bits per heavy atom. The first-order valence-electron chi connectivity index (χ1n) is 3.97. The van der Waals surface area contributed by atoms with Crippen LogP contribution in [0.5, 0.6) is 0 Å². The third-order valence-corrected chi connectivity index (χ3v) is 1.96. The predicted octanol–water partition coefficient (Wildman–Crippen LogP) is 3.60. The minimum Gasteiger partial charge on any atom is -0.418 e. The fourth-order valence-corrected chi connectivity index (χ4v) is 1.40. The third kappa shape index (κ3) is 7.44. The van der Waals surface area contributed by atoms with Gasteiger partial charge in [0.25, 0.3) is 10.3 Å². The molecule has 0 radical (unpaired) electrons. The zero-order valence-electron chi connectivity index (χ0n) is 7.73. The first kappa shape index (κ1) is 14.5. The van der Waals surface area contributed by atoms with E-state index in [-0.39, 0.29) is 0 Å². The number of pyridine rings is 1. The molecule has 0 aromatic carbocycles. The van der Waals surface area contributed by atoms with Gasteiger partial charge in [0.15, 0.2) is 0 Å². The normalized spacial score (nSPS) is 10.6. The Morgan fingerprint density at radius 3 is 1.67 bits per heavy atom. The van der Waals surface area contributed by atoms with Crippen molar-refractivity contribution < 1.29 is 21.8 Å². The van der Waals surface area contributed by atoms with Crippen LogP contribution in [0, 0.1) is 0 Å². The molecule has 1 rings (SSSR count). The van der Waals surface area contributed by atoms with Gasteiger partial charge < -0.3 is 17.3 Å². The van der Waals surface area contributed by atoms with E-state index in [0.29, 0.717) is 10.3 Å². The van der Waals surface area contributed by atoms with Crippen LogP contribution in [-0.4, -0.2) is 7.25 Å². The molecule has 0 N–H and O–H groups in total. The highest BCUT2D eigenvalue weighted by Gasteiger charge is 2.20. The zero-order valence-corrected chi connectivity index (χ0v) is 9.24. The maximum Gasteiger partial charge on any atom is 0.673 e. The Labute approximate surface area is 94.7 Å². The average Bonchev–Trinajstić information content (AvgIpc) is 2.01. The van der Waals surface area contributed by atoms with Crippen LogP contribution in [0.25, 0.3) is 0 Å². The van der Waals surface area contributed by atoms with Crippen molar-refractivity contribution >= 4 is 30.5 Å². The first-order chi connectivity index (χ1) is 6.75. The number of hydrogen-bond acceptors (Lipinski definition) is 0. The van der Waals surface area contributed by atoms with Gasteiger partial charge in [0.2, 0.25) is 0 Å². The zero-order chi connectivity index (χ0) is 12.1. The monoisotopic (exact) mass is 263 g/mol. The van der Waals surface area contributed by atoms with E-state index in [2.05, 4.69) is 0 Å². The molecule has 1 aromatic heterocycles. The van der Waals surface area contributed by atoms with Gasteiger partial charge in [-0.15, -0.1) is 0 Å². The summed E-state index contributed by atoms with van der Waals surface area (Å²) in [4.78, 5) is 0. The number of halogens is 6. The molecule has 0 saturated carbocycles. The van der Waals surface area contributed by atoms with Gasteiger partial charge in [-0.05, 0) is 36.2 Å². The summed E-state index contributed by atoms with van der Waals surface area (Å²) in [5.41, 5.74) is 0. The molecule has 0 spiro atoms. The fourth-order valence-electron chi connectivity index (χ4n) is 0.791. The lowest BCUT2D eigenvalue weighted by Gasteiger charge is -1.94. The quantitative estimate of drug-likeness (QED) is 0.316. The van der Waals surface area contributed by atoms with Crippen LogP contribution in [0.15, 0.2) is 18.2 Å². The first-order valence-corrected chi connectivity index (χ1v) is 4.72. The molecule has 0 atom stereocenters. The molecule has 86 valence electrons.